The molecule has 1 fully saturated rings. The van der Waals surface area contributed by atoms with Crippen LogP contribution in [0.5, 0.6) is 0 Å². The number of amides is 1. The third-order valence-electron chi connectivity index (χ3n) is 4.37. The molecule has 2 atom stereocenters. The van der Waals surface area contributed by atoms with E-state index in [2.05, 4.69) is 56.1 Å². The maximum absolute atomic E-state index is 12.5. The van der Waals surface area contributed by atoms with Crippen molar-refractivity contribution in [2.45, 2.75) is 65.7 Å². The highest BCUT2D eigenvalue weighted by molar-refractivity contribution is 5.84. The maximum Gasteiger partial charge on any atom is 0.241 e. The molecule has 2 unspecified atom stereocenters. The topological polar surface area (TPSA) is 32.3 Å². The lowest BCUT2D eigenvalue weighted by Crippen LogP contribution is -2.39. The quantitative estimate of drug-likeness (QED) is 0.913. The molecular formula is C17H26N2O. The third kappa shape index (κ3) is 2.59. The van der Waals surface area contributed by atoms with Gasteiger partial charge >= 0.3 is 0 Å². The maximum atomic E-state index is 12.5. The van der Waals surface area contributed by atoms with Crippen LogP contribution in [0, 0.1) is 13.8 Å². The summed E-state index contributed by atoms with van der Waals surface area (Å²) < 4.78 is 0. The smallest absolute Gasteiger partial charge is 0.241 e. The molecule has 1 amide bonds. The molecule has 1 aliphatic rings. The Morgan fingerprint density at radius 2 is 1.90 bits per heavy atom. The number of nitrogens with one attached hydrogen (secondary N) is 1. The second-order valence-corrected chi connectivity index (χ2v) is 5.87. The average molecular weight is 274 g/mol. The largest absolute Gasteiger partial charge is 0.319 e. The molecule has 0 radical (unpaired) electrons. The lowest BCUT2D eigenvalue weighted by atomic mass is 10.0. The van der Waals surface area contributed by atoms with Gasteiger partial charge in [-0.05, 0) is 44.7 Å². The van der Waals surface area contributed by atoms with Crippen LogP contribution in [-0.2, 0) is 4.79 Å². The van der Waals surface area contributed by atoms with Gasteiger partial charge in [0.1, 0.15) is 6.17 Å². The van der Waals surface area contributed by atoms with Gasteiger partial charge in [-0.3, -0.25) is 10.1 Å². The zero-order chi connectivity index (χ0) is 14.9. The number of rotatable bonds is 4. The summed E-state index contributed by atoms with van der Waals surface area (Å²) in [5.41, 5.74) is 3.73. The molecule has 3 heteroatoms. The molecule has 1 aliphatic heterocycles. The molecule has 0 spiro atoms. The zero-order valence-corrected chi connectivity index (χ0v) is 13.2. The van der Waals surface area contributed by atoms with Crippen LogP contribution in [0.2, 0.25) is 0 Å². The van der Waals surface area contributed by atoms with Crippen LogP contribution in [0.4, 0.5) is 0 Å². The highest BCUT2D eigenvalue weighted by Gasteiger charge is 2.40. The predicted molar refractivity (Wildman–Crippen MR) is 82.5 cm³/mol. The predicted octanol–water partition coefficient (Wildman–Crippen LogP) is 3.31. The molecule has 110 valence electrons. The fourth-order valence-corrected chi connectivity index (χ4v) is 3.18. The number of benzene rings is 1. The first-order valence-corrected chi connectivity index (χ1v) is 7.64. The van der Waals surface area contributed by atoms with Gasteiger partial charge in [0.25, 0.3) is 0 Å². The minimum Gasteiger partial charge on any atom is -0.319 e. The zero-order valence-electron chi connectivity index (χ0n) is 13.2. The van der Waals surface area contributed by atoms with E-state index in [1.807, 2.05) is 6.92 Å². The number of carbonyl (C=O) groups is 1. The number of carbonyl (C=O) groups excluding carboxylic acids is 1. The van der Waals surface area contributed by atoms with Crippen molar-refractivity contribution < 1.29 is 4.79 Å². The Kier molecular flexibility index (Phi) is 4.48. The molecule has 0 bridgehead atoms. The van der Waals surface area contributed by atoms with Gasteiger partial charge in [-0.1, -0.05) is 37.6 Å². The van der Waals surface area contributed by atoms with Gasteiger partial charge in [0.15, 0.2) is 0 Å². The molecule has 20 heavy (non-hydrogen) atoms. The van der Waals surface area contributed by atoms with E-state index in [4.69, 9.17) is 0 Å². The normalized spacial score (nSPS) is 22.9. The average Bonchev–Trinajstić information content (AvgIpc) is 2.69. The molecule has 3 nitrogen and oxygen atoms in total. The summed E-state index contributed by atoms with van der Waals surface area (Å²) >= 11 is 0. The first kappa shape index (κ1) is 15.0. The van der Waals surface area contributed by atoms with Crippen molar-refractivity contribution in [2.75, 3.05) is 0 Å². The molecule has 2 rings (SSSR count). The molecule has 1 heterocycles. The molecule has 1 N–H and O–H groups in total. The van der Waals surface area contributed by atoms with E-state index >= 15 is 0 Å². The van der Waals surface area contributed by atoms with Gasteiger partial charge in [0.2, 0.25) is 5.91 Å². The summed E-state index contributed by atoms with van der Waals surface area (Å²) in [7, 11) is 0. The van der Waals surface area contributed by atoms with Crippen LogP contribution in [0.25, 0.3) is 0 Å². The van der Waals surface area contributed by atoms with Crippen LogP contribution in [0.1, 0.15) is 56.5 Å². The van der Waals surface area contributed by atoms with Crippen LogP contribution >= 0.6 is 0 Å². The fourth-order valence-electron chi connectivity index (χ4n) is 3.18. The van der Waals surface area contributed by atoms with Gasteiger partial charge in [0.05, 0.1) is 6.04 Å². The molecule has 0 aromatic heterocycles. The van der Waals surface area contributed by atoms with Crippen molar-refractivity contribution in [1.29, 1.82) is 0 Å². The second kappa shape index (κ2) is 5.96. The second-order valence-electron chi connectivity index (χ2n) is 5.87. The van der Waals surface area contributed by atoms with Gasteiger partial charge in [-0.15, -0.1) is 0 Å². The molecular weight excluding hydrogens is 248 g/mol. The van der Waals surface area contributed by atoms with Gasteiger partial charge in [0, 0.05) is 6.04 Å². The minimum absolute atomic E-state index is 0.0167. The minimum atomic E-state index is -0.0960. The monoisotopic (exact) mass is 274 g/mol. The highest BCUT2D eigenvalue weighted by Crippen LogP contribution is 2.31. The van der Waals surface area contributed by atoms with E-state index in [-0.39, 0.29) is 18.1 Å². The Balaban J connectivity index is 2.39. The van der Waals surface area contributed by atoms with Crippen molar-refractivity contribution in [3.63, 3.8) is 0 Å². The van der Waals surface area contributed by atoms with E-state index in [1.54, 1.807) is 0 Å². The number of hydrogen-bond donors (Lipinski definition) is 1. The van der Waals surface area contributed by atoms with E-state index in [9.17, 15) is 4.79 Å². The Morgan fingerprint density at radius 1 is 1.25 bits per heavy atom. The standard InChI is InChI=1S/C17H26N2O/c1-6-14(7-2)19-16(18-13(5)17(19)20)15-9-8-11(3)10-12(15)4/h8-10,13-14,16,18H,6-7H2,1-5H3. The van der Waals surface area contributed by atoms with E-state index < -0.39 is 0 Å². The van der Waals surface area contributed by atoms with Crippen LogP contribution in [0.15, 0.2) is 18.2 Å². The van der Waals surface area contributed by atoms with Crippen molar-refractivity contribution in [3.05, 3.63) is 34.9 Å². The Morgan fingerprint density at radius 3 is 2.45 bits per heavy atom. The summed E-state index contributed by atoms with van der Waals surface area (Å²) in [6.45, 7) is 10.5. The Bertz CT molecular complexity index is 494. The van der Waals surface area contributed by atoms with Crippen molar-refractivity contribution in [3.8, 4) is 0 Å². The molecule has 1 aromatic carbocycles. The van der Waals surface area contributed by atoms with Crippen LogP contribution in [-0.4, -0.2) is 22.9 Å². The Labute approximate surface area is 122 Å². The van der Waals surface area contributed by atoms with Gasteiger partial charge in [-0.25, -0.2) is 0 Å². The number of nitrogens with zero attached hydrogens (tertiary/aromatic N) is 1. The van der Waals surface area contributed by atoms with Crippen molar-refractivity contribution in [2.24, 2.45) is 0 Å². The van der Waals surface area contributed by atoms with Gasteiger partial charge in [-0.2, -0.15) is 0 Å². The summed E-state index contributed by atoms with van der Waals surface area (Å²) in [5.74, 6) is 0.226. The fraction of sp³-hybridized carbons (Fsp3) is 0.588. The van der Waals surface area contributed by atoms with Crippen LogP contribution < -0.4 is 5.32 Å². The van der Waals surface area contributed by atoms with Crippen LogP contribution in [0.3, 0.4) is 0 Å². The van der Waals surface area contributed by atoms with E-state index in [0.717, 1.165) is 12.8 Å². The van der Waals surface area contributed by atoms with Gasteiger partial charge < -0.3 is 4.90 Å². The molecule has 1 aromatic rings. The summed E-state index contributed by atoms with van der Waals surface area (Å²) in [6.07, 6.45) is 2.01. The Hall–Kier alpha value is -1.35. The SMILES string of the molecule is CCC(CC)N1C(=O)C(C)NC1c1ccc(C)cc1C. The van der Waals surface area contributed by atoms with Crippen molar-refractivity contribution in [1.82, 2.24) is 10.2 Å². The first-order chi connectivity index (χ1) is 9.49. The third-order valence-corrected chi connectivity index (χ3v) is 4.37. The van der Waals surface area contributed by atoms with E-state index in [0.29, 0.717) is 6.04 Å². The molecule has 0 aliphatic carbocycles. The summed E-state index contributed by atoms with van der Waals surface area (Å²) in [4.78, 5) is 14.5. The lowest BCUT2D eigenvalue weighted by Gasteiger charge is -2.32. The highest BCUT2D eigenvalue weighted by atomic mass is 16.2. The molecule has 1 saturated heterocycles. The summed E-state index contributed by atoms with van der Waals surface area (Å²) in [5, 5.41) is 3.46. The molecule has 0 saturated carbocycles. The van der Waals surface area contributed by atoms with Crippen molar-refractivity contribution >= 4 is 5.91 Å². The number of aryl methyl sites for hydroxylation is 2. The number of hydrogen-bond acceptors (Lipinski definition) is 2. The van der Waals surface area contributed by atoms with E-state index in [1.165, 1.54) is 16.7 Å². The lowest BCUT2D eigenvalue weighted by molar-refractivity contribution is -0.132. The first-order valence-electron chi connectivity index (χ1n) is 7.64. The summed E-state index contributed by atoms with van der Waals surface area (Å²) in [6, 6.07) is 6.69.